The second kappa shape index (κ2) is 4.83. The third kappa shape index (κ3) is 3.11. The zero-order chi connectivity index (χ0) is 8.97. The van der Waals surface area contributed by atoms with Gasteiger partial charge in [0.15, 0.2) is 0 Å². The van der Waals surface area contributed by atoms with E-state index in [-0.39, 0.29) is 0 Å². The highest BCUT2D eigenvalue weighted by Gasteiger charge is 2.23. The first-order valence-electron chi connectivity index (χ1n) is 5.13. The lowest BCUT2D eigenvalue weighted by molar-refractivity contribution is 0.0465. The molecule has 12 heavy (non-hydrogen) atoms. The summed E-state index contributed by atoms with van der Waals surface area (Å²) in [5.74, 6) is 0. The Balaban J connectivity index is 2.14. The van der Waals surface area contributed by atoms with Gasteiger partial charge < -0.3 is 10.5 Å². The van der Waals surface area contributed by atoms with Crippen LogP contribution in [0.15, 0.2) is 0 Å². The fourth-order valence-electron chi connectivity index (χ4n) is 1.88. The van der Waals surface area contributed by atoms with Crippen molar-refractivity contribution in [3.05, 3.63) is 0 Å². The molecule has 2 heteroatoms. The average molecular weight is 171 g/mol. The number of nitrogens with two attached hydrogens (primary N) is 1. The number of hydrogen-bond donors (Lipinski definition) is 1. The normalized spacial score (nSPS) is 32.2. The highest BCUT2D eigenvalue weighted by molar-refractivity contribution is 4.75. The molecule has 0 aromatic rings. The van der Waals surface area contributed by atoms with Crippen LogP contribution in [-0.2, 0) is 4.74 Å². The second-order valence-corrected chi connectivity index (χ2v) is 3.93. The van der Waals surface area contributed by atoms with E-state index in [0.717, 1.165) is 12.8 Å². The van der Waals surface area contributed by atoms with Gasteiger partial charge in [-0.2, -0.15) is 0 Å². The zero-order valence-corrected chi connectivity index (χ0v) is 8.25. The van der Waals surface area contributed by atoms with Crippen molar-refractivity contribution in [2.24, 2.45) is 5.73 Å². The fraction of sp³-hybridized carbons (Fsp3) is 1.00. The van der Waals surface area contributed by atoms with E-state index in [1.165, 1.54) is 19.3 Å². The maximum atomic E-state index is 5.93. The Morgan fingerprint density at radius 1 is 1.50 bits per heavy atom. The Kier molecular flexibility index (Phi) is 4.02. The Hall–Kier alpha value is -0.0800. The van der Waals surface area contributed by atoms with Crippen molar-refractivity contribution >= 4 is 0 Å². The summed E-state index contributed by atoms with van der Waals surface area (Å²) in [6, 6.07) is 0.352. The molecule has 1 heterocycles. The second-order valence-electron chi connectivity index (χ2n) is 3.93. The number of ether oxygens (including phenoxy) is 1. The van der Waals surface area contributed by atoms with Crippen LogP contribution in [0.2, 0.25) is 0 Å². The van der Waals surface area contributed by atoms with Crippen molar-refractivity contribution in [2.45, 2.75) is 64.2 Å². The van der Waals surface area contributed by atoms with Gasteiger partial charge in [-0.05, 0) is 32.6 Å². The van der Waals surface area contributed by atoms with Gasteiger partial charge in [0, 0.05) is 6.04 Å². The predicted molar refractivity (Wildman–Crippen MR) is 51.1 cm³/mol. The Bertz CT molecular complexity index is 127. The molecule has 0 radical (unpaired) electrons. The van der Waals surface area contributed by atoms with Crippen molar-refractivity contribution in [3.8, 4) is 0 Å². The van der Waals surface area contributed by atoms with Crippen molar-refractivity contribution in [1.29, 1.82) is 0 Å². The van der Waals surface area contributed by atoms with Crippen LogP contribution in [0.5, 0.6) is 0 Å². The lowest BCUT2D eigenvalue weighted by Crippen LogP contribution is -2.25. The van der Waals surface area contributed by atoms with E-state index >= 15 is 0 Å². The summed E-state index contributed by atoms with van der Waals surface area (Å²) in [4.78, 5) is 0. The van der Waals surface area contributed by atoms with Crippen LogP contribution < -0.4 is 5.73 Å². The Morgan fingerprint density at radius 3 is 2.75 bits per heavy atom. The van der Waals surface area contributed by atoms with Gasteiger partial charge in [-0.1, -0.05) is 13.3 Å². The molecular formula is C10H21NO. The van der Waals surface area contributed by atoms with Crippen molar-refractivity contribution in [2.75, 3.05) is 0 Å². The predicted octanol–water partition coefficient (Wildman–Crippen LogP) is 2.07. The first-order chi connectivity index (χ1) is 5.72. The third-order valence-corrected chi connectivity index (χ3v) is 2.55. The largest absolute Gasteiger partial charge is 0.375 e. The van der Waals surface area contributed by atoms with Crippen LogP contribution in [0.3, 0.4) is 0 Å². The monoisotopic (exact) mass is 171 g/mol. The zero-order valence-electron chi connectivity index (χ0n) is 8.25. The van der Waals surface area contributed by atoms with Gasteiger partial charge >= 0.3 is 0 Å². The van der Waals surface area contributed by atoms with E-state index in [9.17, 15) is 0 Å². The first-order valence-corrected chi connectivity index (χ1v) is 5.13. The van der Waals surface area contributed by atoms with E-state index in [1.54, 1.807) is 0 Å². The molecule has 0 bridgehead atoms. The molecule has 0 aliphatic carbocycles. The molecule has 1 saturated heterocycles. The van der Waals surface area contributed by atoms with Gasteiger partial charge in [0.25, 0.3) is 0 Å². The third-order valence-electron chi connectivity index (χ3n) is 2.55. The highest BCUT2D eigenvalue weighted by Crippen LogP contribution is 2.22. The topological polar surface area (TPSA) is 35.2 Å². The van der Waals surface area contributed by atoms with Crippen LogP contribution in [-0.4, -0.2) is 18.2 Å². The smallest absolute Gasteiger partial charge is 0.0594 e. The molecule has 1 aliphatic heterocycles. The molecule has 3 atom stereocenters. The van der Waals surface area contributed by atoms with Crippen LogP contribution in [0, 0.1) is 0 Å². The molecule has 0 saturated carbocycles. The molecule has 72 valence electrons. The minimum Gasteiger partial charge on any atom is -0.375 e. The molecule has 2 N–H and O–H groups in total. The maximum Gasteiger partial charge on any atom is 0.0594 e. The van der Waals surface area contributed by atoms with Crippen LogP contribution in [0.1, 0.15) is 46.0 Å². The van der Waals surface area contributed by atoms with Crippen LogP contribution in [0.25, 0.3) is 0 Å². The van der Waals surface area contributed by atoms with Gasteiger partial charge in [-0.3, -0.25) is 0 Å². The summed E-state index contributed by atoms with van der Waals surface area (Å²) in [6.07, 6.45) is 6.70. The number of rotatable bonds is 4. The molecule has 0 aromatic heterocycles. The molecule has 1 aliphatic rings. The van der Waals surface area contributed by atoms with E-state index in [0.29, 0.717) is 18.2 Å². The summed E-state index contributed by atoms with van der Waals surface area (Å²) in [5, 5.41) is 0. The lowest BCUT2D eigenvalue weighted by Gasteiger charge is -2.15. The Morgan fingerprint density at radius 2 is 2.25 bits per heavy atom. The SMILES string of the molecule is CCCC(N)CC1CCC(C)O1. The summed E-state index contributed by atoms with van der Waals surface area (Å²) in [7, 11) is 0. The van der Waals surface area contributed by atoms with Crippen molar-refractivity contribution in [1.82, 2.24) is 0 Å². The maximum absolute atomic E-state index is 5.93. The summed E-state index contributed by atoms with van der Waals surface area (Å²) >= 11 is 0. The molecule has 0 spiro atoms. The molecule has 0 aromatic carbocycles. The standard InChI is InChI=1S/C10H21NO/c1-3-4-9(11)7-10-6-5-8(2)12-10/h8-10H,3-7,11H2,1-2H3. The molecule has 0 amide bonds. The van der Waals surface area contributed by atoms with Gasteiger partial charge in [-0.25, -0.2) is 0 Å². The summed E-state index contributed by atoms with van der Waals surface area (Å²) in [5.41, 5.74) is 5.93. The number of hydrogen-bond acceptors (Lipinski definition) is 2. The average Bonchev–Trinajstić information content (AvgIpc) is 2.36. The minimum absolute atomic E-state index is 0.352. The van der Waals surface area contributed by atoms with Gasteiger partial charge in [-0.15, -0.1) is 0 Å². The molecule has 1 rings (SSSR count). The van der Waals surface area contributed by atoms with Crippen molar-refractivity contribution in [3.63, 3.8) is 0 Å². The summed E-state index contributed by atoms with van der Waals surface area (Å²) in [6.45, 7) is 4.32. The lowest BCUT2D eigenvalue weighted by atomic mass is 10.0. The fourth-order valence-corrected chi connectivity index (χ4v) is 1.88. The Labute approximate surface area is 75.5 Å². The summed E-state index contributed by atoms with van der Waals surface area (Å²) < 4.78 is 5.70. The van der Waals surface area contributed by atoms with Crippen LogP contribution in [0.4, 0.5) is 0 Å². The molecule has 3 unspecified atom stereocenters. The van der Waals surface area contributed by atoms with E-state index in [2.05, 4.69) is 13.8 Å². The minimum atomic E-state index is 0.352. The van der Waals surface area contributed by atoms with E-state index in [1.807, 2.05) is 0 Å². The van der Waals surface area contributed by atoms with Gasteiger partial charge in [0.05, 0.1) is 12.2 Å². The van der Waals surface area contributed by atoms with E-state index in [4.69, 9.17) is 10.5 Å². The molecule has 1 fully saturated rings. The van der Waals surface area contributed by atoms with Gasteiger partial charge in [0.2, 0.25) is 0 Å². The van der Waals surface area contributed by atoms with Crippen LogP contribution >= 0.6 is 0 Å². The van der Waals surface area contributed by atoms with E-state index < -0.39 is 0 Å². The van der Waals surface area contributed by atoms with Crippen molar-refractivity contribution < 1.29 is 4.74 Å². The molecular weight excluding hydrogens is 150 g/mol. The van der Waals surface area contributed by atoms with Gasteiger partial charge in [0.1, 0.15) is 0 Å². The quantitative estimate of drug-likeness (QED) is 0.702. The highest BCUT2D eigenvalue weighted by atomic mass is 16.5. The molecule has 2 nitrogen and oxygen atoms in total. The first kappa shape index (κ1) is 10.0.